The number of anilines is 1. The van der Waals surface area contributed by atoms with Gasteiger partial charge in [-0.15, -0.1) is 11.8 Å². The Hall–Kier alpha value is -1.23. The SMILES string of the molecule is CC(C)CSc1cc(F)c(C(=O)O)cc1N. The Morgan fingerprint density at radius 3 is 2.69 bits per heavy atom. The van der Waals surface area contributed by atoms with Gasteiger partial charge in [-0.1, -0.05) is 13.8 Å². The molecule has 0 aromatic heterocycles. The van der Waals surface area contributed by atoms with Crippen LogP contribution in [-0.4, -0.2) is 16.8 Å². The van der Waals surface area contributed by atoms with E-state index in [2.05, 4.69) is 0 Å². The lowest BCUT2D eigenvalue weighted by atomic mass is 10.2. The number of halogens is 1. The molecule has 0 saturated heterocycles. The van der Waals surface area contributed by atoms with E-state index in [0.717, 1.165) is 5.75 Å². The Morgan fingerprint density at radius 1 is 1.56 bits per heavy atom. The number of nitrogen functional groups attached to an aromatic ring is 1. The minimum Gasteiger partial charge on any atom is -0.478 e. The van der Waals surface area contributed by atoms with Crippen molar-refractivity contribution in [3.8, 4) is 0 Å². The van der Waals surface area contributed by atoms with Crippen molar-refractivity contribution in [1.29, 1.82) is 0 Å². The summed E-state index contributed by atoms with van der Waals surface area (Å²) in [6.45, 7) is 4.09. The lowest BCUT2D eigenvalue weighted by Gasteiger charge is -2.09. The lowest BCUT2D eigenvalue weighted by Crippen LogP contribution is -2.03. The van der Waals surface area contributed by atoms with Crippen LogP contribution < -0.4 is 5.73 Å². The minimum absolute atomic E-state index is 0.310. The quantitative estimate of drug-likeness (QED) is 0.630. The molecule has 3 nitrogen and oxygen atoms in total. The molecule has 0 fully saturated rings. The molecule has 0 aliphatic rings. The summed E-state index contributed by atoms with van der Waals surface area (Å²) < 4.78 is 13.4. The number of nitrogens with two attached hydrogens (primary N) is 1. The Labute approximate surface area is 97.8 Å². The van der Waals surface area contributed by atoms with Gasteiger partial charge in [-0.05, 0) is 18.1 Å². The molecule has 88 valence electrons. The molecular weight excluding hydrogens is 229 g/mol. The van der Waals surface area contributed by atoms with E-state index in [9.17, 15) is 9.18 Å². The van der Waals surface area contributed by atoms with Crippen LogP contribution in [0, 0.1) is 11.7 Å². The molecule has 1 aromatic rings. The molecule has 1 aromatic carbocycles. The zero-order valence-corrected chi connectivity index (χ0v) is 9.97. The second-order valence-electron chi connectivity index (χ2n) is 3.88. The van der Waals surface area contributed by atoms with E-state index < -0.39 is 11.8 Å². The van der Waals surface area contributed by atoms with Crippen molar-refractivity contribution in [3.63, 3.8) is 0 Å². The van der Waals surface area contributed by atoms with Gasteiger partial charge in [-0.2, -0.15) is 0 Å². The molecule has 0 unspecified atom stereocenters. The summed E-state index contributed by atoms with van der Waals surface area (Å²) in [7, 11) is 0. The number of hydrogen-bond donors (Lipinski definition) is 2. The topological polar surface area (TPSA) is 63.3 Å². The van der Waals surface area contributed by atoms with Gasteiger partial charge in [0, 0.05) is 16.3 Å². The van der Waals surface area contributed by atoms with Crippen molar-refractivity contribution < 1.29 is 14.3 Å². The molecule has 0 radical (unpaired) electrons. The molecule has 3 N–H and O–H groups in total. The van der Waals surface area contributed by atoms with Crippen LogP contribution in [0.3, 0.4) is 0 Å². The minimum atomic E-state index is -1.30. The fourth-order valence-corrected chi connectivity index (χ4v) is 2.04. The zero-order chi connectivity index (χ0) is 12.3. The van der Waals surface area contributed by atoms with Crippen molar-refractivity contribution in [2.75, 3.05) is 11.5 Å². The van der Waals surface area contributed by atoms with Crippen LogP contribution in [0.2, 0.25) is 0 Å². The maximum Gasteiger partial charge on any atom is 0.338 e. The summed E-state index contributed by atoms with van der Waals surface area (Å²) in [6, 6.07) is 2.35. The number of rotatable bonds is 4. The second-order valence-corrected chi connectivity index (χ2v) is 4.94. The first-order valence-corrected chi connectivity index (χ1v) is 5.85. The average molecular weight is 243 g/mol. The molecule has 0 aliphatic carbocycles. The highest BCUT2D eigenvalue weighted by Gasteiger charge is 2.14. The molecule has 5 heteroatoms. The van der Waals surface area contributed by atoms with Crippen molar-refractivity contribution in [1.82, 2.24) is 0 Å². The number of aromatic carboxylic acids is 1. The first-order chi connectivity index (χ1) is 7.41. The van der Waals surface area contributed by atoms with E-state index in [-0.39, 0.29) is 5.56 Å². The molecule has 0 aliphatic heterocycles. The molecule has 0 saturated carbocycles. The summed E-state index contributed by atoms with van der Waals surface area (Å²) in [6.07, 6.45) is 0. The highest BCUT2D eigenvalue weighted by atomic mass is 32.2. The van der Waals surface area contributed by atoms with Crippen molar-refractivity contribution in [2.24, 2.45) is 5.92 Å². The Morgan fingerprint density at radius 2 is 2.19 bits per heavy atom. The fourth-order valence-electron chi connectivity index (χ4n) is 1.12. The van der Waals surface area contributed by atoms with E-state index >= 15 is 0 Å². The first kappa shape index (κ1) is 12.8. The highest BCUT2D eigenvalue weighted by Crippen LogP contribution is 2.29. The van der Waals surface area contributed by atoms with Crippen molar-refractivity contribution in [3.05, 3.63) is 23.5 Å². The molecular formula is C11H14FNO2S. The lowest BCUT2D eigenvalue weighted by molar-refractivity contribution is 0.0692. The van der Waals surface area contributed by atoms with Gasteiger partial charge in [0.25, 0.3) is 0 Å². The van der Waals surface area contributed by atoms with E-state index in [1.807, 2.05) is 13.8 Å². The Bertz CT molecular complexity index is 407. The number of benzene rings is 1. The number of hydrogen-bond acceptors (Lipinski definition) is 3. The highest BCUT2D eigenvalue weighted by molar-refractivity contribution is 7.99. The Balaban J connectivity index is 2.96. The van der Waals surface area contributed by atoms with Gasteiger partial charge < -0.3 is 10.8 Å². The summed E-state index contributed by atoms with van der Waals surface area (Å²) in [4.78, 5) is 11.2. The standard InChI is InChI=1S/C11H14FNO2S/c1-6(2)5-16-10-4-8(12)7(11(14)15)3-9(10)13/h3-4,6H,5,13H2,1-2H3,(H,14,15). The maximum absolute atomic E-state index is 13.4. The molecule has 1 rings (SSSR count). The van der Waals surface area contributed by atoms with Crippen LogP contribution in [0.25, 0.3) is 0 Å². The first-order valence-electron chi connectivity index (χ1n) is 4.87. The third kappa shape index (κ3) is 3.13. The fraction of sp³-hybridized carbons (Fsp3) is 0.364. The van der Waals surface area contributed by atoms with Gasteiger partial charge >= 0.3 is 5.97 Å². The van der Waals surface area contributed by atoms with Gasteiger partial charge in [0.05, 0.1) is 5.56 Å². The maximum atomic E-state index is 13.4. The molecule has 0 spiro atoms. The van der Waals surface area contributed by atoms with Crippen LogP contribution in [0.5, 0.6) is 0 Å². The van der Waals surface area contributed by atoms with Crippen LogP contribution in [0.4, 0.5) is 10.1 Å². The third-order valence-electron chi connectivity index (χ3n) is 1.90. The van der Waals surface area contributed by atoms with Crippen molar-refractivity contribution in [2.45, 2.75) is 18.7 Å². The third-order valence-corrected chi connectivity index (χ3v) is 3.40. The van der Waals surface area contributed by atoms with Gasteiger partial charge in [-0.3, -0.25) is 0 Å². The van der Waals surface area contributed by atoms with Crippen LogP contribution >= 0.6 is 11.8 Å². The summed E-state index contributed by atoms with van der Waals surface area (Å²) in [5.41, 5.74) is 5.59. The van der Waals surface area contributed by atoms with E-state index in [1.54, 1.807) is 0 Å². The molecule has 0 bridgehead atoms. The normalized spacial score (nSPS) is 10.8. The van der Waals surface area contributed by atoms with Crippen LogP contribution in [0.1, 0.15) is 24.2 Å². The molecule has 0 atom stereocenters. The monoisotopic (exact) mass is 243 g/mol. The number of carboxylic acids is 1. The van der Waals surface area contributed by atoms with Crippen LogP contribution in [-0.2, 0) is 0 Å². The summed E-state index contributed by atoms with van der Waals surface area (Å²) in [5.74, 6) is -0.764. The van der Waals surface area contributed by atoms with E-state index in [4.69, 9.17) is 10.8 Å². The van der Waals surface area contributed by atoms with Gasteiger partial charge in [-0.25, -0.2) is 9.18 Å². The predicted octanol–water partition coefficient (Wildman–Crippen LogP) is 2.85. The molecule has 16 heavy (non-hydrogen) atoms. The van der Waals surface area contributed by atoms with E-state index in [1.165, 1.54) is 23.9 Å². The van der Waals surface area contributed by atoms with E-state index in [0.29, 0.717) is 16.5 Å². The number of carbonyl (C=O) groups is 1. The second kappa shape index (κ2) is 5.21. The van der Waals surface area contributed by atoms with Gasteiger partial charge in [0.15, 0.2) is 0 Å². The zero-order valence-electron chi connectivity index (χ0n) is 9.16. The Kier molecular flexibility index (Phi) is 4.18. The van der Waals surface area contributed by atoms with Gasteiger partial charge in [0.1, 0.15) is 5.82 Å². The molecule has 0 heterocycles. The number of carboxylic acid groups (broad SMARTS) is 1. The summed E-state index contributed by atoms with van der Waals surface area (Å²) in [5, 5.41) is 8.70. The van der Waals surface area contributed by atoms with Gasteiger partial charge in [0.2, 0.25) is 0 Å². The predicted molar refractivity (Wildman–Crippen MR) is 63.3 cm³/mol. The summed E-state index contributed by atoms with van der Waals surface area (Å²) >= 11 is 1.43. The smallest absolute Gasteiger partial charge is 0.338 e. The number of thioether (sulfide) groups is 1. The van der Waals surface area contributed by atoms with Crippen LogP contribution in [0.15, 0.2) is 17.0 Å². The largest absolute Gasteiger partial charge is 0.478 e. The average Bonchev–Trinajstić information content (AvgIpc) is 2.18. The van der Waals surface area contributed by atoms with Crippen molar-refractivity contribution >= 4 is 23.4 Å². The molecule has 0 amide bonds.